The number of aromatic nitrogens is 1. The molecule has 1 aromatic heterocycles. The van der Waals surface area contributed by atoms with Crippen molar-refractivity contribution in [1.82, 2.24) is 9.88 Å². The minimum absolute atomic E-state index is 0.0498. The Hall–Kier alpha value is -2.49. The third kappa shape index (κ3) is 7.12. The van der Waals surface area contributed by atoms with E-state index in [0.29, 0.717) is 29.3 Å². The molecule has 1 aliphatic heterocycles. The Morgan fingerprint density at radius 2 is 1.90 bits per heavy atom. The molecule has 0 spiro atoms. The van der Waals surface area contributed by atoms with Crippen molar-refractivity contribution < 1.29 is 22.7 Å². The summed E-state index contributed by atoms with van der Waals surface area (Å²) in [5.41, 5.74) is 1.63. The molecule has 0 atom stereocenters. The zero-order chi connectivity index (χ0) is 20.7. The lowest BCUT2D eigenvalue weighted by Crippen LogP contribution is -2.38. The van der Waals surface area contributed by atoms with Crippen LogP contribution in [0.5, 0.6) is 5.88 Å². The van der Waals surface area contributed by atoms with E-state index in [0.717, 1.165) is 32.8 Å². The van der Waals surface area contributed by atoms with Gasteiger partial charge < -0.3 is 14.8 Å². The highest BCUT2D eigenvalue weighted by atomic mass is 32.2. The number of carbonyl (C=O) groups excluding carboxylic acids is 1. The van der Waals surface area contributed by atoms with Crippen LogP contribution in [-0.4, -0.2) is 69.9 Å². The van der Waals surface area contributed by atoms with Crippen LogP contribution in [0.4, 0.5) is 5.69 Å². The molecule has 0 saturated carbocycles. The largest absolute Gasteiger partial charge is 0.476 e. The van der Waals surface area contributed by atoms with E-state index >= 15 is 0 Å². The van der Waals surface area contributed by atoms with E-state index in [-0.39, 0.29) is 11.7 Å². The van der Waals surface area contributed by atoms with Gasteiger partial charge in [-0.25, -0.2) is 13.4 Å². The van der Waals surface area contributed by atoms with Crippen LogP contribution < -0.4 is 10.1 Å². The highest BCUT2D eigenvalue weighted by Crippen LogP contribution is 2.14. The number of rotatable bonds is 8. The van der Waals surface area contributed by atoms with Gasteiger partial charge in [-0.05, 0) is 23.8 Å². The predicted molar refractivity (Wildman–Crippen MR) is 110 cm³/mol. The molecule has 0 radical (unpaired) electrons. The number of benzene rings is 1. The second kappa shape index (κ2) is 9.82. The summed E-state index contributed by atoms with van der Waals surface area (Å²) in [6.45, 7) is 4.70. The minimum Gasteiger partial charge on any atom is -0.476 e. The van der Waals surface area contributed by atoms with E-state index in [2.05, 4.69) is 15.2 Å². The number of amides is 1. The highest BCUT2D eigenvalue weighted by molar-refractivity contribution is 7.89. The first-order valence-electron chi connectivity index (χ1n) is 9.36. The number of hydrogen-bond acceptors (Lipinski definition) is 7. The summed E-state index contributed by atoms with van der Waals surface area (Å²) in [5, 5.41) is 2.76. The zero-order valence-corrected chi connectivity index (χ0v) is 17.2. The molecule has 0 unspecified atom stereocenters. The van der Waals surface area contributed by atoms with Crippen molar-refractivity contribution in [1.29, 1.82) is 0 Å². The Bertz CT molecular complexity index is 908. The Kier molecular flexibility index (Phi) is 7.18. The van der Waals surface area contributed by atoms with Gasteiger partial charge in [0.1, 0.15) is 6.61 Å². The second-order valence-corrected chi connectivity index (χ2v) is 9.05. The summed E-state index contributed by atoms with van der Waals surface area (Å²) in [4.78, 5) is 18.8. The number of nitrogens with zero attached hydrogens (tertiary/aromatic N) is 2. The SMILES string of the molecule is CS(=O)(=O)Cc1ccc(C(=O)Nc2ccc(OCCN3CCOCC3)nc2)cc1. The minimum atomic E-state index is -3.11. The van der Waals surface area contributed by atoms with E-state index in [1.165, 1.54) is 6.26 Å². The number of nitrogens with one attached hydrogen (secondary N) is 1. The van der Waals surface area contributed by atoms with Gasteiger partial charge >= 0.3 is 0 Å². The fraction of sp³-hybridized carbons (Fsp3) is 0.400. The topological polar surface area (TPSA) is 97.8 Å². The zero-order valence-electron chi connectivity index (χ0n) is 16.3. The van der Waals surface area contributed by atoms with Crippen molar-refractivity contribution in [2.24, 2.45) is 0 Å². The van der Waals surface area contributed by atoms with Crippen molar-refractivity contribution in [2.45, 2.75) is 5.75 Å². The van der Waals surface area contributed by atoms with Gasteiger partial charge in [0.05, 0.1) is 30.9 Å². The van der Waals surface area contributed by atoms with Crippen LogP contribution in [-0.2, 0) is 20.3 Å². The summed E-state index contributed by atoms with van der Waals surface area (Å²) >= 11 is 0. The van der Waals surface area contributed by atoms with E-state index in [1.807, 2.05) is 0 Å². The molecule has 1 saturated heterocycles. The molecule has 1 aromatic carbocycles. The molecule has 1 aliphatic rings. The fourth-order valence-electron chi connectivity index (χ4n) is 2.90. The normalized spacial score (nSPS) is 15.1. The van der Waals surface area contributed by atoms with Crippen LogP contribution in [0.2, 0.25) is 0 Å². The van der Waals surface area contributed by atoms with Gasteiger partial charge in [-0.1, -0.05) is 12.1 Å². The molecule has 9 heteroatoms. The number of sulfone groups is 1. The maximum atomic E-state index is 12.3. The molecule has 29 heavy (non-hydrogen) atoms. The average Bonchev–Trinajstić information content (AvgIpc) is 2.69. The molecule has 2 heterocycles. The first kappa shape index (κ1) is 21.2. The summed E-state index contributed by atoms with van der Waals surface area (Å²) in [6.07, 6.45) is 2.72. The molecule has 1 fully saturated rings. The van der Waals surface area contributed by atoms with Crippen LogP contribution in [0, 0.1) is 0 Å². The average molecular weight is 420 g/mol. The number of pyridine rings is 1. The number of hydrogen-bond donors (Lipinski definition) is 1. The first-order chi connectivity index (χ1) is 13.9. The van der Waals surface area contributed by atoms with Crippen LogP contribution >= 0.6 is 0 Å². The Labute approximate surface area is 170 Å². The van der Waals surface area contributed by atoms with Crippen molar-refractivity contribution in [3.63, 3.8) is 0 Å². The molecule has 8 nitrogen and oxygen atoms in total. The highest BCUT2D eigenvalue weighted by Gasteiger charge is 2.11. The summed E-state index contributed by atoms with van der Waals surface area (Å²) in [5.74, 6) is 0.159. The van der Waals surface area contributed by atoms with Crippen LogP contribution in [0.3, 0.4) is 0 Å². The lowest BCUT2D eigenvalue weighted by molar-refractivity contribution is 0.0320. The Morgan fingerprint density at radius 1 is 1.17 bits per heavy atom. The van der Waals surface area contributed by atoms with Gasteiger partial charge in [0, 0.05) is 37.5 Å². The standard InChI is InChI=1S/C20H25N3O5S/c1-29(25,26)15-16-2-4-17(5-3-16)20(24)22-18-6-7-19(21-14-18)28-13-10-23-8-11-27-12-9-23/h2-7,14H,8-13,15H2,1H3,(H,22,24). The number of morpholine rings is 1. The lowest BCUT2D eigenvalue weighted by Gasteiger charge is -2.26. The van der Waals surface area contributed by atoms with Gasteiger partial charge in [0.15, 0.2) is 9.84 Å². The fourth-order valence-corrected chi connectivity index (χ4v) is 3.70. The second-order valence-electron chi connectivity index (χ2n) is 6.91. The van der Waals surface area contributed by atoms with Crippen molar-refractivity contribution >= 4 is 21.4 Å². The molecule has 1 N–H and O–H groups in total. The molecule has 1 amide bonds. The van der Waals surface area contributed by atoms with Gasteiger partial charge in [-0.15, -0.1) is 0 Å². The maximum absolute atomic E-state index is 12.3. The van der Waals surface area contributed by atoms with E-state index in [9.17, 15) is 13.2 Å². The lowest BCUT2D eigenvalue weighted by atomic mass is 10.1. The van der Waals surface area contributed by atoms with E-state index in [4.69, 9.17) is 9.47 Å². The molecule has 0 aliphatic carbocycles. The molecular formula is C20H25N3O5S. The van der Waals surface area contributed by atoms with Crippen molar-refractivity contribution in [3.05, 3.63) is 53.7 Å². The van der Waals surface area contributed by atoms with Crippen LogP contribution in [0.1, 0.15) is 15.9 Å². The summed E-state index contributed by atoms with van der Waals surface area (Å²) < 4.78 is 33.6. The number of ether oxygens (including phenoxy) is 2. The molecule has 3 rings (SSSR count). The first-order valence-corrected chi connectivity index (χ1v) is 11.4. The Balaban J connectivity index is 1.47. The van der Waals surface area contributed by atoms with Crippen molar-refractivity contribution in [3.8, 4) is 5.88 Å². The number of anilines is 1. The van der Waals surface area contributed by atoms with Crippen LogP contribution in [0.25, 0.3) is 0 Å². The van der Waals surface area contributed by atoms with E-state index in [1.54, 1.807) is 42.6 Å². The van der Waals surface area contributed by atoms with E-state index < -0.39 is 9.84 Å². The van der Waals surface area contributed by atoms with Crippen molar-refractivity contribution in [2.75, 3.05) is 51.0 Å². The van der Waals surface area contributed by atoms with Gasteiger partial charge in [0.25, 0.3) is 5.91 Å². The molecular weight excluding hydrogens is 394 g/mol. The maximum Gasteiger partial charge on any atom is 0.255 e. The summed E-state index contributed by atoms with van der Waals surface area (Å²) in [7, 11) is -3.11. The predicted octanol–water partition coefficient (Wildman–Crippen LogP) is 1.59. The smallest absolute Gasteiger partial charge is 0.255 e. The van der Waals surface area contributed by atoms with Gasteiger partial charge in [-0.3, -0.25) is 9.69 Å². The molecule has 2 aromatic rings. The summed E-state index contributed by atoms with van der Waals surface area (Å²) in [6, 6.07) is 9.93. The Morgan fingerprint density at radius 3 is 2.52 bits per heavy atom. The monoisotopic (exact) mass is 419 g/mol. The van der Waals surface area contributed by atoms with Crippen LogP contribution in [0.15, 0.2) is 42.6 Å². The number of carbonyl (C=O) groups is 1. The quantitative estimate of drug-likeness (QED) is 0.694. The third-order valence-electron chi connectivity index (χ3n) is 4.40. The third-order valence-corrected chi connectivity index (χ3v) is 5.26. The van der Waals surface area contributed by atoms with Gasteiger partial charge in [0.2, 0.25) is 5.88 Å². The molecule has 156 valence electrons. The molecule has 0 bridgehead atoms. The van der Waals surface area contributed by atoms with Gasteiger partial charge in [-0.2, -0.15) is 0 Å².